The quantitative estimate of drug-likeness (QED) is 0.791. The van der Waals surface area contributed by atoms with E-state index in [1.54, 1.807) is 25.1 Å². The maximum atomic E-state index is 11.9. The van der Waals surface area contributed by atoms with Crippen LogP contribution in [-0.2, 0) is 0 Å². The summed E-state index contributed by atoms with van der Waals surface area (Å²) in [6, 6.07) is 5.56. The third kappa shape index (κ3) is 3.31. The zero-order valence-corrected chi connectivity index (χ0v) is 12.9. The molecule has 1 aromatic carbocycles. The fraction of sp³-hybridized carbons (Fsp3) is 0.588. The maximum absolute atomic E-state index is 11.9. The van der Waals surface area contributed by atoms with E-state index in [1.165, 1.54) is 25.7 Å². The number of benzene rings is 1. The zero-order chi connectivity index (χ0) is 15.0. The summed E-state index contributed by atoms with van der Waals surface area (Å²) in [7, 11) is 3.50. The third-order valence-electron chi connectivity index (χ3n) is 4.69. The SMILES string of the molecule is CN(C)C(=O)c1ccc(NCC(C2CC2)C2CC2)c(N)c1. The van der Waals surface area contributed by atoms with E-state index in [1.807, 2.05) is 12.1 Å². The first-order valence-electron chi connectivity index (χ1n) is 7.91. The highest BCUT2D eigenvalue weighted by atomic mass is 16.2. The second-order valence-electron chi connectivity index (χ2n) is 6.72. The van der Waals surface area contributed by atoms with Gasteiger partial charge < -0.3 is 16.0 Å². The smallest absolute Gasteiger partial charge is 0.253 e. The van der Waals surface area contributed by atoms with Crippen LogP contribution in [0.3, 0.4) is 0 Å². The first kappa shape index (κ1) is 14.2. The van der Waals surface area contributed by atoms with Crippen LogP contribution in [0, 0.1) is 17.8 Å². The van der Waals surface area contributed by atoms with Gasteiger partial charge in [0, 0.05) is 26.2 Å². The average molecular weight is 287 g/mol. The fourth-order valence-electron chi connectivity index (χ4n) is 3.11. The second kappa shape index (κ2) is 5.58. The molecule has 0 aromatic heterocycles. The lowest BCUT2D eigenvalue weighted by Gasteiger charge is -2.18. The molecule has 4 nitrogen and oxygen atoms in total. The van der Waals surface area contributed by atoms with Crippen molar-refractivity contribution >= 4 is 17.3 Å². The molecule has 0 bridgehead atoms. The van der Waals surface area contributed by atoms with E-state index in [4.69, 9.17) is 5.73 Å². The molecule has 0 radical (unpaired) electrons. The van der Waals surface area contributed by atoms with Crippen molar-refractivity contribution in [2.24, 2.45) is 17.8 Å². The Labute approximate surface area is 126 Å². The number of carbonyl (C=O) groups is 1. The number of hydrogen-bond donors (Lipinski definition) is 2. The molecule has 0 unspecified atom stereocenters. The Morgan fingerprint density at radius 2 is 1.90 bits per heavy atom. The summed E-state index contributed by atoms with van der Waals surface area (Å²) in [5.41, 5.74) is 8.35. The van der Waals surface area contributed by atoms with Gasteiger partial charge >= 0.3 is 0 Å². The van der Waals surface area contributed by atoms with Crippen molar-refractivity contribution in [3.63, 3.8) is 0 Å². The van der Waals surface area contributed by atoms with E-state index < -0.39 is 0 Å². The number of hydrogen-bond acceptors (Lipinski definition) is 3. The lowest BCUT2D eigenvalue weighted by Crippen LogP contribution is -2.22. The molecule has 3 rings (SSSR count). The Morgan fingerprint density at radius 3 is 2.38 bits per heavy atom. The molecule has 1 amide bonds. The number of nitrogens with one attached hydrogen (secondary N) is 1. The number of rotatable bonds is 6. The van der Waals surface area contributed by atoms with Crippen LogP contribution in [0.15, 0.2) is 18.2 Å². The molecule has 0 aliphatic heterocycles. The van der Waals surface area contributed by atoms with Gasteiger partial charge in [-0.1, -0.05) is 0 Å². The molecule has 2 aliphatic carbocycles. The summed E-state index contributed by atoms with van der Waals surface area (Å²) in [4.78, 5) is 13.5. The van der Waals surface area contributed by atoms with E-state index >= 15 is 0 Å². The normalized spacial score (nSPS) is 17.9. The van der Waals surface area contributed by atoms with Crippen molar-refractivity contribution in [3.8, 4) is 0 Å². The van der Waals surface area contributed by atoms with E-state index in [9.17, 15) is 4.79 Å². The summed E-state index contributed by atoms with van der Waals surface area (Å²) in [5.74, 6) is 2.66. The van der Waals surface area contributed by atoms with Crippen LogP contribution in [0.5, 0.6) is 0 Å². The monoisotopic (exact) mass is 287 g/mol. The van der Waals surface area contributed by atoms with Crippen LogP contribution in [0.4, 0.5) is 11.4 Å². The van der Waals surface area contributed by atoms with Crippen LogP contribution in [0.1, 0.15) is 36.0 Å². The molecule has 1 aromatic rings. The third-order valence-corrected chi connectivity index (χ3v) is 4.69. The predicted octanol–water partition coefficient (Wildman–Crippen LogP) is 2.82. The second-order valence-corrected chi connectivity index (χ2v) is 6.72. The molecular weight excluding hydrogens is 262 g/mol. The summed E-state index contributed by atoms with van der Waals surface area (Å²) in [6.07, 6.45) is 5.59. The molecule has 3 N–H and O–H groups in total. The summed E-state index contributed by atoms with van der Waals surface area (Å²) in [6.45, 7) is 1.01. The van der Waals surface area contributed by atoms with Crippen molar-refractivity contribution in [3.05, 3.63) is 23.8 Å². The highest BCUT2D eigenvalue weighted by Gasteiger charge is 2.41. The molecule has 0 spiro atoms. The van der Waals surface area contributed by atoms with Gasteiger partial charge in [0.25, 0.3) is 5.91 Å². The van der Waals surface area contributed by atoms with Crippen molar-refractivity contribution in [2.75, 3.05) is 31.7 Å². The van der Waals surface area contributed by atoms with Crippen LogP contribution in [0.2, 0.25) is 0 Å². The number of carbonyl (C=O) groups excluding carboxylic acids is 1. The molecular formula is C17H25N3O. The minimum atomic E-state index is -0.0120. The van der Waals surface area contributed by atoms with E-state index in [0.717, 1.165) is 30.0 Å². The van der Waals surface area contributed by atoms with Crippen molar-refractivity contribution in [1.82, 2.24) is 4.90 Å². The number of nitrogens with two attached hydrogens (primary N) is 1. The van der Waals surface area contributed by atoms with E-state index in [2.05, 4.69) is 5.32 Å². The number of anilines is 2. The molecule has 0 heterocycles. The summed E-state index contributed by atoms with van der Waals surface area (Å²) in [5, 5.41) is 3.50. The number of nitrogens with zero attached hydrogens (tertiary/aromatic N) is 1. The maximum Gasteiger partial charge on any atom is 0.253 e. The van der Waals surface area contributed by atoms with Crippen molar-refractivity contribution < 1.29 is 4.79 Å². The molecule has 0 saturated heterocycles. The van der Waals surface area contributed by atoms with Gasteiger partial charge in [-0.25, -0.2) is 0 Å². The Balaban J connectivity index is 1.64. The minimum Gasteiger partial charge on any atom is -0.397 e. The van der Waals surface area contributed by atoms with Crippen LogP contribution >= 0.6 is 0 Å². The average Bonchev–Trinajstić information content (AvgIpc) is 3.33. The largest absolute Gasteiger partial charge is 0.397 e. The molecule has 0 atom stereocenters. The molecule has 114 valence electrons. The lowest BCUT2D eigenvalue weighted by molar-refractivity contribution is 0.0827. The fourth-order valence-corrected chi connectivity index (χ4v) is 3.11. The Kier molecular flexibility index (Phi) is 3.79. The van der Waals surface area contributed by atoms with Gasteiger partial charge in [-0.15, -0.1) is 0 Å². The molecule has 4 heteroatoms. The lowest BCUT2D eigenvalue weighted by atomic mass is 9.98. The molecule has 21 heavy (non-hydrogen) atoms. The highest BCUT2D eigenvalue weighted by Crippen LogP contribution is 2.49. The van der Waals surface area contributed by atoms with E-state index in [0.29, 0.717) is 11.3 Å². The standard InChI is InChI=1S/C17H25N3O/c1-20(2)17(21)13-7-8-16(15(18)9-13)19-10-14(11-3-4-11)12-5-6-12/h7-9,11-12,14,19H,3-6,10,18H2,1-2H3. The van der Waals surface area contributed by atoms with Gasteiger partial charge in [0.05, 0.1) is 11.4 Å². The highest BCUT2D eigenvalue weighted by molar-refractivity contribution is 5.95. The Hall–Kier alpha value is -1.71. The summed E-state index contributed by atoms with van der Waals surface area (Å²) < 4.78 is 0. The van der Waals surface area contributed by atoms with Gasteiger partial charge in [-0.3, -0.25) is 4.79 Å². The predicted molar refractivity (Wildman–Crippen MR) is 86.3 cm³/mol. The Bertz CT molecular complexity index is 521. The van der Waals surface area contributed by atoms with Gasteiger partial charge in [-0.2, -0.15) is 0 Å². The minimum absolute atomic E-state index is 0.0120. The first-order valence-corrected chi connectivity index (χ1v) is 7.91. The molecule has 2 aliphatic rings. The van der Waals surface area contributed by atoms with Gasteiger partial charge in [0.15, 0.2) is 0 Å². The number of nitrogen functional groups attached to an aromatic ring is 1. The first-order chi connectivity index (χ1) is 10.1. The van der Waals surface area contributed by atoms with Crippen LogP contribution < -0.4 is 11.1 Å². The van der Waals surface area contributed by atoms with Crippen LogP contribution in [0.25, 0.3) is 0 Å². The molecule has 2 saturated carbocycles. The van der Waals surface area contributed by atoms with Gasteiger partial charge in [0.2, 0.25) is 0 Å². The van der Waals surface area contributed by atoms with Crippen LogP contribution in [-0.4, -0.2) is 31.4 Å². The topological polar surface area (TPSA) is 58.4 Å². The van der Waals surface area contributed by atoms with Crippen molar-refractivity contribution in [2.45, 2.75) is 25.7 Å². The van der Waals surface area contributed by atoms with Crippen molar-refractivity contribution in [1.29, 1.82) is 0 Å². The molecule has 2 fully saturated rings. The Morgan fingerprint density at radius 1 is 1.29 bits per heavy atom. The van der Waals surface area contributed by atoms with Gasteiger partial charge in [0.1, 0.15) is 0 Å². The zero-order valence-electron chi connectivity index (χ0n) is 12.9. The van der Waals surface area contributed by atoms with E-state index in [-0.39, 0.29) is 5.91 Å². The number of amides is 1. The van der Waals surface area contributed by atoms with Gasteiger partial charge in [-0.05, 0) is 61.6 Å². The summed E-state index contributed by atoms with van der Waals surface area (Å²) >= 11 is 0.